The molecule has 1 fully saturated rings. The number of hydrogen-bond donors (Lipinski definition) is 1. The Bertz CT molecular complexity index is 208. The lowest BCUT2D eigenvalue weighted by Gasteiger charge is -2.12. The molecule has 4 nitrogen and oxygen atoms in total. The summed E-state index contributed by atoms with van der Waals surface area (Å²) >= 11 is 1.42. The van der Waals surface area contributed by atoms with Crippen molar-refractivity contribution in [3.8, 4) is 0 Å². The Labute approximate surface area is 75.5 Å². The second-order valence-electron chi connectivity index (χ2n) is 2.60. The Morgan fingerprint density at radius 2 is 2.33 bits per heavy atom. The largest absolute Gasteiger partial charge is 0.329 e. The van der Waals surface area contributed by atoms with Crippen molar-refractivity contribution in [3.05, 3.63) is 0 Å². The van der Waals surface area contributed by atoms with Crippen molar-refractivity contribution >= 4 is 23.6 Å². The van der Waals surface area contributed by atoms with Crippen LogP contribution in [0.5, 0.6) is 0 Å². The van der Waals surface area contributed by atoms with Crippen molar-refractivity contribution in [3.63, 3.8) is 0 Å². The van der Waals surface area contributed by atoms with Crippen LogP contribution in [0, 0.1) is 0 Å². The van der Waals surface area contributed by atoms with Gasteiger partial charge in [-0.2, -0.15) is 11.8 Å². The fourth-order valence-corrected chi connectivity index (χ4v) is 1.84. The first kappa shape index (κ1) is 9.54. The predicted octanol–water partition coefficient (Wildman–Crippen LogP) is -0.564. The number of thioether (sulfide) groups is 1. The van der Waals surface area contributed by atoms with Gasteiger partial charge in [-0.1, -0.05) is 0 Å². The van der Waals surface area contributed by atoms with Crippen LogP contribution in [0.1, 0.15) is 6.42 Å². The van der Waals surface area contributed by atoms with E-state index in [0.717, 1.165) is 0 Å². The fourth-order valence-electron chi connectivity index (χ4n) is 1.20. The van der Waals surface area contributed by atoms with Crippen molar-refractivity contribution < 1.29 is 9.59 Å². The molecule has 0 aromatic rings. The third kappa shape index (κ3) is 1.61. The topological polar surface area (TPSA) is 63.4 Å². The molecule has 1 aliphatic rings. The highest BCUT2D eigenvalue weighted by Gasteiger charge is 2.37. The van der Waals surface area contributed by atoms with Crippen molar-refractivity contribution in [1.82, 2.24) is 4.90 Å². The van der Waals surface area contributed by atoms with Gasteiger partial charge < -0.3 is 5.73 Å². The number of nitrogens with zero attached hydrogens (tertiary/aromatic N) is 1. The molecule has 1 aliphatic heterocycles. The molecule has 0 saturated carbocycles. The number of hydrogen-bond acceptors (Lipinski definition) is 4. The molecule has 0 aromatic heterocycles. The SMILES string of the molecule is CSC1CC(=O)N(CCN)C1=O. The van der Waals surface area contributed by atoms with E-state index in [4.69, 9.17) is 5.73 Å². The number of nitrogens with two attached hydrogens (primary N) is 1. The summed E-state index contributed by atoms with van der Waals surface area (Å²) in [6, 6.07) is 0. The Hall–Kier alpha value is -0.550. The van der Waals surface area contributed by atoms with E-state index in [-0.39, 0.29) is 17.1 Å². The third-order valence-electron chi connectivity index (χ3n) is 1.84. The molecule has 68 valence electrons. The Kier molecular flexibility index (Phi) is 3.11. The normalized spacial score (nSPS) is 23.8. The third-order valence-corrected chi connectivity index (χ3v) is 2.78. The summed E-state index contributed by atoms with van der Waals surface area (Å²) in [6.07, 6.45) is 2.17. The van der Waals surface area contributed by atoms with E-state index in [1.54, 1.807) is 0 Å². The van der Waals surface area contributed by atoms with Crippen LogP contribution >= 0.6 is 11.8 Å². The Morgan fingerprint density at radius 3 is 2.75 bits per heavy atom. The molecule has 1 rings (SSSR count). The van der Waals surface area contributed by atoms with E-state index in [1.807, 2.05) is 6.26 Å². The molecule has 12 heavy (non-hydrogen) atoms. The number of amides is 2. The average Bonchev–Trinajstić information content (AvgIpc) is 2.32. The van der Waals surface area contributed by atoms with Crippen LogP contribution in [-0.4, -0.2) is 41.3 Å². The summed E-state index contributed by atoms with van der Waals surface area (Å²) in [5.41, 5.74) is 5.27. The minimum Gasteiger partial charge on any atom is -0.329 e. The van der Waals surface area contributed by atoms with Crippen LogP contribution < -0.4 is 5.73 Å². The van der Waals surface area contributed by atoms with Gasteiger partial charge in [-0.15, -0.1) is 0 Å². The molecule has 0 aliphatic carbocycles. The molecule has 0 bridgehead atoms. The maximum Gasteiger partial charge on any atom is 0.242 e. The molecular weight excluding hydrogens is 176 g/mol. The predicted molar refractivity (Wildman–Crippen MR) is 47.7 cm³/mol. The first-order valence-corrected chi connectivity index (χ1v) is 5.06. The molecule has 5 heteroatoms. The van der Waals surface area contributed by atoms with E-state index in [1.165, 1.54) is 16.7 Å². The minimum absolute atomic E-state index is 0.0852. The van der Waals surface area contributed by atoms with Gasteiger partial charge in [-0.3, -0.25) is 14.5 Å². The second-order valence-corrected chi connectivity index (χ2v) is 3.64. The zero-order valence-electron chi connectivity index (χ0n) is 6.95. The van der Waals surface area contributed by atoms with E-state index < -0.39 is 0 Å². The van der Waals surface area contributed by atoms with Crippen molar-refractivity contribution in [1.29, 1.82) is 0 Å². The molecule has 1 atom stereocenters. The summed E-state index contributed by atoms with van der Waals surface area (Å²) in [4.78, 5) is 23.8. The summed E-state index contributed by atoms with van der Waals surface area (Å²) in [7, 11) is 0. The van der Waals surface area contributed by atoms with Crippen LogP contribution in [0.3, 0.4) is 0 Å². The molecule has 0 spiro atoms. The molecule has 2 N–H and O–H groups in total. The van der Waals surface area contributed by atoms with Crippen molar-refractivity contribution in [2.45, 2.75) is 11.7 Å². The average molecular weight is 188 g/mol. The van der Waals surface area contributed by atoms with Crippen molar-refractivity contribution in [2.24, 2.45) is 5.73 Å². The second kappa shape index (κ2) is 3.91. The van der Waals surface area contributed by atoms with Crippen LogP contribution in [0.4, 0.5) is 0 Å². The standard InChI is InChI=1S/C7H12N2O2S/c1-12-5-4-6(10)9(3-2-8)7(5)11/h5H,2-4,8H2,1H3. The number of imide groups is 1. The monoisotopic (exact) mass is 188 g/mol. The first-order valence-electron chi connectivity index (χ1n) is 3.77. The van der Waals surface area contributed by atoms with Crippen LogP contribution in [0.2, 0.25) is 0 Å². The quantitative estimate of drug-likeness (QED) is 0.603. The van der Waals surface area contributed by atoms with E-state index in [2.05, 4.69) is 0 Å². The van der Waals surface area contributed by atoms with Crippen molar-refractivity contribution in [2.75, 3.05) is 19.3 Å². The number of carbonyl (C=O) groups excluding carboxylic acids is 2. The first-order chi connectivity index (χ1) is 5.70. The lowest BCUT2D eigenvalue weighted by atomic mass is 10.4. The van der Waals surface area contributed by atoms with Crippen LogP contribution in [0.15, 0.2) is 0 Å². The molecular formula is C7H12N2O2S. The van der Waals surface area contributed by atoms with Gasteiger partial charge in [0.05, 0.1) is 5.25 Å². The molecule has 1 saturated heterocycles. The summed E-state index contributed by atoms with van der Waals surface area (Å²) in [5, 5.41) is -0.177. The van der Waals surface area contributed by atoms with Gasteiger partial charge in [-0.05, 0) is 6.26 Å². The summed E-state index contributed by atoms with van der Waals surface area (Å²) in [5.74, 6) is -0.178. The number of carbonyl (C=O) groups is 2. The zero-order chi connectivity index (χ0) is 9.14. The summed E-state index contributed by atoms with van der Waals surface area (Å²) < 4.78 is 0. The highest BCUT2D eigenvalue weighted by Crippen LogP contribution is 2.22. The van der Waals surface area contributed by atoms with Gasteiger partial charge in [0, 0.05) is 19.5 Å². The van der Waals surface area contributed by atoms with Gasteiger partial charge in [0.1, 0.15) is 0 Å². The maximum absolute atomic E-state index is 11.4. The minimum atomic E-state index is -0.177. The Balaban J connectivity index is 2.64. The smallest absolute Gasteiger partial charge is 0.242 e. The Morgan fingerprint density at radius 1 is 1.67 bits per heavy atom. The van der Waals surface area contributed by atoms with Gasteiger partial charge in [0.25, 0.3) is 0 Å². The van der Waals surface area contributed by atoms with Crippen LogP contribution in [0.25, 0.3) is 0 Å². The summed E-state index contributed by atoms with van der Waals surface area (Å²) in [6.45, 7) is 0.702. The molecule has 0 aromatic carbocycles. The number of rotatable bonds is 3. The fraction of sp³-hybridized carbons (Fsp3) is 0.714. The molecule has 2 amide bonds. The van der Waals surface area contributed by atoms with Gasteiger partial charge in [0.15, 0.2) is 0 Å². The van der Waals surface area contributed by atoms with Crippen LogP contribution in [-0.2, 0) is 9.59 Å². The van der Waals surface area contributed by atoms with Gasteiger partial charge >= 0.3 is 0 Å². The maximum atomic E-state index is 11.4. The highest BCUT2D eigenvalue weighted by atomic mass is 32.2. The van der Waals surface area contributed by atoms with E-state index >= 15 is 0 Å². The molecule has 1 heterocycles. The lowest BCUT2D eigenvalue weighted by Crippen LogP contribution is -2.35. The zero-order valence-corrected chi connectivity index (χ0v) is 7.76. The highest BCUT2D eigenvalue weighted by molar-refractivity contribution is 8.00. The lowest BCUT2D eigenvalue weighted by molar-refractivity contribution is -0.138. The van der Waals surface area contributed by atoms with E-state index in [0.29, 0.717) is 19.5 Å². The number of likely N-dealkylation sites (tertiary alicyclic amines) is 1. The van der Waals surface area contributed by atoms with E-state index in [9.17, 15) is 9.59 Å². The molecule has 0 radical (unpaired) electrons. The van der Waals surface area contributed by atoms with Gasteiger partial charge in [0.2, 0.25) is 11.8 Å². The van der Waals surface area contributed by atoms with Gasteiger partial charge in [-0.25, -0.2) is 0 Å². The molecule has 1 unspecified atom stereocenters.